The highest BCUT2D eigenvalue weighted by molar-refractivity contribution is 6.04. The van der Waals surface area contributed by atoms with E-state index in [4.69, 9.17) is 10.2 Å². The van der Waals surface area contributed by atoms with Crippen LogP contribution in [0.5, 0.6) is 0 Å². The van der Waals surface area contributed by atoms with E-state index in [-0.39, 0.29) is 0 Å². The van der Waals surface area contributed by atoms with Crippen molar-refractivity contribution in [3.63, 3.8) is 0 Å². The van der Waals surface area contributed by atoms with E-state index in [2.05, 4.69) is 114 Å². The van der Waals surface area contributed by atoms with Crippen LogP contribution in [-0.4, -0.2) is 9.97 Å². The minimum Gasteiger partial charge on any atom is -0.254 e. The summed E-state index contributed by atoms with van der Waals surface area (Å²) < 4.78 is 0. The molecule has 0 bridgehead atoms. The summed E-state index contributed by atoms with van der Waals surface area (Å²) in [6, 6.07) is 48.7. The molecule has 0 atom stereocenters. The summed E-state index contributed by atoms with van der Waals surface area (Å²) in [4.78, 5) is 9.64. The molecule has 0 saturated heterocycles. The summed E-state index contributed by atoms with van der Waals surface area (Å²) in [5, 5.41) is 16.1. The number of pyridine rings is 2. The van der Waals surface area contributed by atoms with Gasteiger partial charge in [-0.3, -0.25) is 4.98 Å². The van der Waals surface area contributed by atoms with Gasteiger partial charge in [-0.1, -0.05) is 91.0 Å². The van der Waals surface area contributed by atoms with Crippen molar-refractivity contribution in [2.75, 3.05) is 0 Å². The third-order valence-corrected chi connectivity index (χ3v) is 8.11. The fraction of sp³-hybridized carbons (Fsp3) is 0. The summed E-state index contributed by atoms with van der Waals surface area (Å²) in [7, 11) is 0. The lowest BCUT2D eigenvalue weighted by molar-refractivity contribution is 1.37. The first-order valence-electron chi connectivity index (χ1n) is 14.0. The maximum Gasteiger partial charge on any atom is 0.0991 e. The Balaban J connectivity index is 1.15. The molecule has 0 aliphatic heterocycles. The van der Waals surface area contributed by atoms with Crippen molar-refractivity contribution in [1.29, 1.82) is 5.26 Å². The molecule has 0 N–H and O–H groups in total. The Labute approximate surface area is 243 Å². The van der Waals surface area contributed by atoms with E-state index in [0.717, 1.165) is 38.6 Å². The Hall–Kier alpha value is -5.85. The number of aromatic nitrogens is 2. The van der Waals surface area contributed by atoms with Crippen molar-refractivity contribution in [3.8, 4) is 39.6 Å². The largest absolute Gasteiger partial charge is 0.254 e. The lowest BCUT2D eigenvalue weighted by Gasteiger charge is -2.11. The lowest BCUT2D eigenvalue weighted by atomic mass is 9.94. The zero-order valence-corrected chi connectivity index (χ0v) is 22.6. The number of nitriles is 1. The van der Waals surface area contributed by atoms with Crippen LogP contribution in [0.15, 0.2) is 140 Å². The summed E-state index contributed by atoms with van der Waals surface area (Å²) >= 11 is 0. The molecule has 0 amide bonds. The number of benzene rings is 6. The molecule has 3 nitrogen and oxygen atoms in total. The van der Waals surface area contributed by atoms with Crippen molar-refractivity contribution >= 4 is 43.4 Å². The van der Waals surface area contributed by atoms with Crippen molar-refractivity contribution in [2.24, 2.45) is 0 Å². The second-order valence-electron chi connectivity index (χ2n) is 10.6. The molecule has 0 fully saturated rings. The molecular weight excluding hydrogens is 510 g/mol. The average Bonchev–Trinajstić information content (AvgIpc) is 3.07. The molecule has 0 saturated carbocycles. The predicted molar refractivity (Wildman–Crippen MR) is 173 cm³/mol. The van der Waals surface area contributed by atoms with Gasteiger partial charge in [-0.05, 0) is 86.3 Å². The molecule has 2 heterocycles. The van der Waals surface area contributed by atoms with Gasteiger partial charge in [0.2, 0.25) is 0 Å². The van der Waals surface area contributed by atoms with Crippen LogP contribution in [0.2, 0.25) is 0 Å². The molecule has 0 aliphatic carbocycles. The van der Waals surface area contributed by atoms with Crippen LogP contribution in [0.25, 0.3) is 76.9 Å². The number of fused-ring (bicyclic) bond motifs is 5. The minimum atomic E-state index is 0.671. The molecule has 3 heteroatoms. The first-order valence-corrected chi connectivity index (χ1v) is 14.0. The molecular formula is C39H23N3. The molecule has 0 unspecified atom stereocenters. The zero-order valence-electron chi connectivity index (χ0n) is 22.6. The van der Waals surface area contributed by atoms with Crippen molar-refractivity contribution in [3.05, 3.63) is 145 Å². The molecule has 2 aromatic heterocycles. The zero-order chi connectivity index (χ0) is 28.0. The number of nitrogens with zero attached hydrogens (tertiary/aromatic N) is 3. The van der Waals surface area contributed by atoms with Crippen molar-refractivity contribution < 1.29 is 0 Å². The second kappa shape index (κ2) is 9.66. The first-order chi connectivity index (χ1) is 20.7. The highest BCUT2D eigenvalue weighted by atomic mass is 14.7. The van der Waals surface area contributed by atoms with E-state index in [1.807, 2.05) is 36.5 Å². The smallest absolute Gasteiger partial charge is 0.0991 e. The monoisotopic (exact) mass is 533 g/mol. The molecule has 8 aromatic rings. The summed E-state index contributed by atoms with van der Waals surface area (Å²) in [5.74, 6) is 0. The Morgan fingerprint density at radius 1 is 0.476 bits per heavy atom. The Bertz CT molecular complexity index is 2360. The minimum absolute atomic E-state index is 0.671. The molecule has 8 rings (SSSR count). The van der Waals surface area contributed by atoms with Crippen LogP contribution in [0.4, 0.5) is 0 Å². The third-order valence-electron chi connectivity index (χ3n) is 8.11. The van der Waals surface area contributed by atoms with E-state index in [1.165, 1.54) is 38.2 Å². The standard InChI is InChI=1S/C39H23N3/c40-24-25-6-8-26(9-7-25)35-5-1-3-33-22-32(16-18-36(33)35)29-12-13-31-23-34(15-14-30(31)21-29)37-19-17-28-11-10-27-4-2-20-41-38(27)39(28)42-37/h1-23H. The van der Waals surface area contributed by atoms with Crippen molar-refractivity contribution in [2.45, 2.75) is 0 Å². The van der Waals surface area contributed by atoms with Crippen LogP contribution < -0.4 is 0 Å². The highest BCUT2D eigenvalue weighted by Gasteiger charge is 2.09. The second-order valence-corrected chi connectivity index (χ2v) is 10.6. The van der Waals surface area contributed by atoms with Gasteiger partial charge in [-0.2, -0.15) is 5.26 Å². The van der Waals surface area contributed by atoms with E-state index < -0.39 is 0 Å². The summed E-state index contributed by atoms with van der Waals surface area (Å²) in [6.45, 7) is 0. The SMILES string of the molecule is N#Cc1ccc(-c2cccc3cc(-c4ccc5cc(-c6ccc7ccc8cccnc8c7n6)ccc5c4)ccc23)cc1. The Morgan fingerprint density at radius 3 is 1.90 bits per heavy atom. The molecule has 194 valence electrons. The van der Waals surface area contributed by atoms with E-state index in [1.54, 1.807) is 0 Å². The van der Waals surface area contributed by atoms with Gasteiger partial charge in [-0.15, -0.1) is 0 Å². The molecule has 0 spiro atoms. The van der Waals surface area contributed by atoms with Gasteiger partial charge < -0.3 is 0 Å². The first kappa shape index (κ1) is 24.0. The maximum absolute atomic E-state index is 9.15. The Kier molecular flexibility index (Phi) is 5.52. The van der Waals surface area contributed by atoms with Crippen LogP contribution >= 0.6 is 0 Å². The fourth-order valence-electron chi connectivity index (χ4n) is 5.91. The molecule has 0 radical (unpaired) electrons. The van der Waals surface area contributed by atoms with Gasteiger partial charge in [0.15, 0.2) is 0 Å². The van der Waals surface area contributed by atoms with Crippen LogP contribution in [-0.2, 0) is 0 Å². The highest BCUT2D eigenvalue weighted by Crippen LogP contribution is 2.34. The van der Waals surface area contributed by atoms with E-state index in [9.17, 15) is 0 Å². The fourth-order valence-corrected chi connectivity index (χ4v) is 5.91. The normalized spacial score (nSPS) is 11.3. The predicted octanol–water partition coefficient (Wildman–Crippen LogP) is 9.96. The quantitative estimate of drug-likeness (QED) is 0.212. The summed E-state index contributed by atoms with van der Waals surface area (Å²) in [5.41, 5.74) is 9.21. The molecule has 42 heavy (non-hydrogen) atoms. The Morgan fingerprint density at radius 2 is 1.10 bits per heavy atom. The van der Waals surface area contributed by atoms with Crippen molar-refractivity contribution in [1.82, 2.24) is 9.97 Å². The van der Waals surface area contributed by atoms with Crippen LogP contribution in [0.3, 0.4) is 0 Å². The average molecular weight is 534 g/mol. The van der Waals surface area contributed by atoms with Gasteiger partial charge in [0.1, 0.15) is 0 Å². The van der Waals surface area contributed by atoms with Crippen LogP contribution in [0, 0.1) is 11.3 Å². The van der Waals surface area contributed by atoms with Gasteiger partial charge in [0.25, 0.3) is 0 Å². The van der Waals surface area contributed by atoms with E-state index >= 15 is 0 Å². The number of rotatable bonds is 3. The molecule has 0 aliphatic rings. The topological polar surface area (TPSA) is 49.6 Å². The van der Waals surface area contributed by atoms with Gasteiger partial charge in [-0.25, -0.2) is 4.98 Å². The number of hydrogen-bond donors (Lipinski definition) is 0. The van der Waals surface area contributed by atoms with Gasteiger partial charge >= 0.3 is 0 Å². The third kappa shape index (κ3) is 4.06. The molecule has 6 aromatic carbocycles. The van der Waals surface area contributed by atoms with Gasteiger partial charge in [0.05, 0.1) is 28.4 Å². The lowest BCUT2D eigenvalue weighted by Crippen LogP contribution is -1.89. The number of hydrogen-bond acceptors (Lipinski definition) is 3. The summed E-state index contributed by atoms with van der Waals surface area (Å²) in [6.07, 6.45) is 1.83. The van der Waals surface area contributed by atoms with Crippen LogP contribution in [0.1, 0.15) is 5.56 Å². The van der Waals surface area contributed by atoms with Gasteiger partial charge in [0, 0.05) is 22.5 Å². The van der Waals surface area contributed by atoms with E-state index in [0.29, 0.717) is 5.56 Å². The maximum atomic E-state index is 9.15.